The zero-order valence-electron chi connectivity index (χ0n) is 17.6. The van der Waals surface area contributed by atoms with Gasteiger partial charge in [0.15, 0.2) is 6.04 Å². The molecule has 0 radical (unpaired) electrons. The van der Waals surface area contributed by atoms with Crippen LogP contribution in [0.2, 0.25) is 10.0 Å². The lowest BCUT2D eigenvalue weighted by Gasteiger charge is -2.17. The van der Waals surface area contributed by atoms with Gasteiger partial charge >= 0.3 is 0 Å². The summed E-state index contributed by atoms with van der Waals surface area (Å²) in [5.41, 5.74) is 3.35. The first-order valence-corrected chi connectivity index (χ1v) is 11.2. The molecule has 0 fully saturated rings. The average molecular weight is 464 g/mol. The molecule has 4 rings (SSSR count). The highest BCUT2D eigenvalue weighted by Gasteiger charge is 2.24. The fourth-order valence-electron chi connectivity index (χ4n) is 3.86. The second-order valence-corrected chi connectivity index (χ2v) is 8.40. The Morgan fingerprint density at radius 1 is 0.938 bits per heavy atom. The molecule has 0 spiro atoms. The molecule has 0 N–H and O–H groups in total. The molecular weight excluding hydrogens is 439 g/mol. The van der Waals surface area contributed by atoms with Crippen molar-refractivity contribution < 1.29 is 9.30 Å². The number of nitrogens with zero attached hydrogens (tertiary/aromatic N) is 2. The number of imidazole rings is 1. The molecule has 0 aliphatic heterocycles. The molecular formula is C27H25Cl2N2O+. The van der Waals surface area contributed by atoms with E-state index in [4.69, 9.17) is 27.9 Å². The van der Waals surface area contributed by atoms with Gasteiger partial charge in [-0.25, -0.2) is 9.13 Å². The van der Waals surface area contributed by atoms with Crippen molar-refractivity contribution in [1.82, 2.24) is 4.57 Å². The van der Waals surface area contributed by atoms with Crippen LogP contribution in [0.3, 0.4) is 0 Å². The summed E-state index contributed by atoms with van der Waals surface area (Å²) in [7, 11) is 0. The van der Waals surface area contributed by atoms with Crippen LogP contribution in [0.15, 0.2) is 110 Å². The first kappa shape index (κ1) is 22.3. The summed E-state index contributed by atoms with van der Waals surface area (Å²) in [5, 5.41) is 1.20. The van der Waals surface area contributed by atoms with Crippen molar-refractivity contribution in [3.05, 3.63) is 137 Å². The second-order valence-electron chi connectivity index (χ2n) is 7.56. The third-order valence-electron chi connectivity index (χ3n) is 5.34. The third-order valence-corrected chi connectivity index (χ3v) is 5.90. The first-order valence-electron chi connectivity index (χ1n) is 10.5. The van der Waals surface area contributed by atoms with Crippen LogP contribution in [0.25, 0.3) is 0 Å². The number of hydrogen-bond acceptors (Lipinski definition) is 1. The van der Waals surface area contributed by atoms with E-state index < -0.39 is 0 Å². The number of rotatable bonds is 9. The normalized spacial score (nSPS) is 12.1. The van der Waals surface area contributed by atoms with E-state index in [-0.39, 0.29) is 12.1 Å². The van der Waals surface area contributed by atoms with Crippen LogP contribution in [-0.4, -0.2) is 11.2 Å². The largest absolute Gasteiger partial charge is 0.365 e. The zero-order chi connectivity index (χ0) is 22.3. The second kappa shape index (κ2) is 10.6. The van der Waals surface area contributed by atoms with E-state index in [0.717, 1.165) is 5.56 Å². The van der Waals surface area contributed by atoms with Gasteiger partial charge in [-0.2, -0.15) is 0 Å². The molecule has 0 saturated heterocycles. The van der Waals surface area contributed by atoms with Gasteiger partial charge in [0.25, 0.3) is 0 Å². The van der Waals surface area contributed by atoms with Crippen LogP contribution in [0, 0.1) is 0 Å². The smallest absolute Gasteiger partial charge is 0.244 e. The SMILES string of the molecule is C=CCOC(C[n+]1ccn(C(c2ccccc2)c2ccccc2)c1)c1ccc(Cl)cc1Cl. The lowest BCUT2D eigenvalue weighted by atomic mass is 9.99. The molecule has 3 nitrogen and oxygen atoms in total. The Kier molecular flexibility index (Phi) is 7.43. The van der Waals surface area contributed by atoms with E-state index in [0.29, 0.717) is 23.2 Å². The molecule has 0 aliphatic rings. The summed E-state index contributed by atoms with van der Waals surface area (Å²) in [4.78, 5) is 0. The van der Waals surface area contributed by atoms with E-state index in [2.05, 4.69) is 83.0 Å². The summed E-state index contributed by atoms with van der Waals surface area (Å²) in [6.45, 7) is 4.82. The number of benzene rings is 3. The zero-order valence-corrected chi connectivity index (χ0v) is 19.2. The predicted octanol–water partition coefficient (Wildman–Crippen LogP) is 6.66. The highest BCUT2D eigenvalue weighted by Crippen LogP contribution is 2.29. The van der Waals surface area contributed by atoms with Gasteiger partial charge in [0, 0.05) is 26.7 Å². The van der Waals surface area contributed by atoms with Gasteiger partial charge in [-0.3, -0.25) is 0 Å². The van der Waals surface area contributed by atoms with E-state index in [1.54, 1.807) is 12.1 Å². The standard InChI is InChI=1S/C27H25Cl2N2O/c1-2-17-32-26(24-14-13-23(28)18-25(24)29)19-30-15-16-31(20-30)27(21-9-5-3-6-10-21)22-11-7-4-8-12-22/h2-16,18,20,26-27H,1,17,19H2/q+1. The van der Waals surface area contributed by atoms with Crippen molar-refractivity contribution in [3.63, 3.8) is 0 Å². The minimum absolute atomic E-state index is 0.0744. The highest BCUT2D eigenvalue weighted by molar-refractivity contribution is 6.35. The summed E-state index contributed by atoms with van der Waals surface area (Å²) >= 11 is 12.6. The molecule has 0 saturated carbocycles. The Bertz CT molecular complexity index is 1120. The summed E-state index contributed by atoms with van der Waals surface area (Å²) < 4.78 is 10.4. The molecule has 1 atom stereocenters. The van der Waals surface area contributed by atoms with Crippen LogP contribution in [0.4, 0.5) is 0 Å². The molecule has 1 unspecified atom stereocenters. The monoisotopic (exact) mass is 463 g/mol. The van der Waals surface area contributed by atoms with Crippen LogP contribution < -0.4 is 4.57 Å². The van der Waals surface area contributed by atoms with E-state index in [9.17, 15) is 0 Å². The molecule has 4 aromatic rings. The number of aromatic nitrogens is 2. The maximum atomic E-state index is 6.48. The van der Waals surface area contributed by atoms with Gasteiger partial charge in [-0.1, -0.05) is 96.0 Å². The highest BCUT2D eigenvalue weighted by atomic mass is 35.5. The molecule has 0 aliphatic carbocycles. The lowest BCUT2D eigenvalue weighted by Crippen LogP contribution is -2.36. The minimum atomic E-state index is -0.231. The summed E-state index contributed by atoms with van der Waals surface area (Å²) in [6.07, 6.45) is 7.78. The molecule has 0 amide bonds. The molecule has 5 heteroatoms. The number of hydrogen-bond donors (Lipinski definition) is 0. The topological polar surface area (TPSA) is 18.0 Å². The van der Waals surface area contributed by atoms with Gasteiger partial charge in [0.2, 0.25) is 6.33 Å². The minimum Gasteiger partial charge on any atom is -0.365 e. The number of halogens is 2. The molecule has 0 bridgehead atoms. The van der Waals surface area contributed by atoms with E-state index >= 15 is 0 Å². The maximum Gasteiger partial charge on any atom is 0.244 e. The van der Waals surface area contributed by atoms with Gasteiger partial charge in [0.1, 0.15) is 25.0 Å². The van der Waals surface area contributed by atoms with Crippen molar-refractivity contribution in [1.29, 1.82) is 0 Å². The van der Waals surface area contributed by atoms with Crippen LogP contribution in [0.1, 0.15) is 28.8 Å². The van der Waals surface area contributed by atoms with Gasteiger partial charge in [0.05, 0.1) is 6.61 Å². The Morgan fingerprint density at radius 2 is 1.59 bits per heavy atom. The Morgan fingerprint density at radius 3 is 2.19 bits per heavy atom. The lowest BCUT2D eigenvalue weighted by molar-refractivity contribution is -0.704. The van der Waals surface area contributed by atoms with Gasteiger partial charge in [-0.05, 0) is 12.1 Å². The maximum absolute atomic E-state index is 6.48. The Labute approximate surface area is 199 Å². The van der Waals surface area contributed by atoms with Gasteiger partial charge < -0.3 is 4.74 Å². The van der Waals surface area contributed by atoms with Crippen molar-refractivity contribution in [2.24, 2.45) is 0 Å². The molecule has 1 aromatic heterocycles. The van der Waals surface area contributed by atoms with Crippen LogP contribution in [0.5, 0.6) is 0 Å². The molecule has 162 valence electrons. The van der Waals surface area contributed by atoms with Crippen molar-refractivity contribution >= 4 is 23.2 Å². The summed E-state index contributed by atoms with van der Waals surface area (Å²) in [6, 6.07) is 26.6. The molecule has 3 aromatic carbocycles. The van der Waals surface area contributed by atoms with Crippen molar-refractivity contribution in [2.45, 2.75) is 18.7 Å². The van der Waals surface area contributed by atoms with Crippen LogP contribution in [-0.2, 0) is 11.3 Å². The first-order chi connectivity index (χ1) is 15.7. The predicted molar refractivity (Wildman–Crippen MR) is 130 cm³/mol. The van der Waals surface area contributed by atoms with Crippen molar-refractivity contribution in [2.75, 3.05) is 6.61 Å². The Hall–Kier alpha value is -2.85. The van der Waals surface area contributed by atoms with Gasteiger partial charge in [-0.15, -0.1) is 6.58 Å². The van der Waals surface area contributed by atoms with Crippen molar-refractivity contribution in [3.8, 4) is 0 Å². The quantitative estimate of drug-likeness (QED) is 0.200. The fourth-order valence-corrected chi connectivity index (χ4v) is 4.39. The fraction of sp³-hybridized carbons (Fsp3) is 0.148. The molecule has 32 heavy (non-hydrogen) atoms. The van der Waals surface area contributed by atoms with E-state index in [1.807, 2.05) is 24.3 Å². The Balaban J connectivity index is 1.65. The third kappa shape index (κ3) is 5.31. The molecule has 1 heterocycles. The van der Waals surface area contributed by atoms with E-state index in [1.165, 1.54) is 11.1 Å². The number of ether oxygens (including phenoxy) is 1. The van der Waals surface area contributed by atoms with Crippen LogP contribution >= 0.6 is 23.2 Å². The average Bonchev–Trinajstić information content (AvgIpc) is 3.26. The summed E-state index contributed by atoms with van der Waals surface area (Å²) in [5.74, 6) is 0.